The zero-order valence-electron chi connectivity index (χ0n) is 10.2. The van der Waals surface area contributed by atoms with Crippen LogP contribution in [0, 0.1) is 5.92 Å². The first-order valence-corrected chi connectivity index (χ1v) is 5.76. The minimum atomic E-state index is 0.722. The maximum Gasteiger partial charge on any atom is 0.0433 e. The second kappa shape index (κ2) is 5.91. The Labute approximate surface area is 93.1 Å². The molecule has 1 atom stereocenters. The van der Waals surface area contributed by atoms with Gasteiger partial charge in [-0.1, -0.05) is 6.92 Å². The van der Waals surface area contributed by atoms with Crippen LogP contribution in [-0.4, -0.2) is 37.8 Å². The standard InChI is InChI=1S/C12H23N3/c1-4-11(7-13)12-6-5-10(8-14-12)9-15(2)3/h7,10H,4-6,8-9,13H2,1-3H3/b11-7-. The molecule has 0 saturated heterocycles. The van der Waals surface area contributed by atoms with Crippen molar-refractivity contribution in [2.24, 2.45) is 16.6 Å². The van der Waals surface area contributed by atoms with Crippen LogP contribution in [0.4, 0.5) is 0 Å². The van der Waals surface area contributed by atoms with E-state index in [0.29, 0.717) is 0 Å². The number of allylic oxidation sites excluding steroid dienone is 1. The monoisotopic (exact) mass is 209 g/mol. The van der Waals surface area contributed by atoms with E-state index in [-0.39, 0.29) is 0 Å². The maximum absolute atomic E-state index is 5.58. The second-order valence-corrected chi connectivity index (χ2v) is 4.50. The van der Waals surface area contributed by atoms with Gasteiger partial charge in [0.2, 0.25) is 0 Å². The Morgan fingerprint density at radius 1 is 1.60 bits per heavy atom. The second-order valence-electron chi connectivity index (χ2n) is 4.50. The molecule has 0 bridgehead atoms. The Balaban J connectivity index is 2.51. The van der Waals surface area contributed by atoms with Crippen molar-refractivity contribution in [1.82, 2.24) is 4.90 Å². The van der Waals surface area contributed by atoms with Crippen LogP contribution in [0.15, 0.2) is 16.8 Å². The molecule has 0 saturated carbocycles. The van der Waals surface area contributed by atoms with E-state index in [4.69, 9.17) is 5.73 Å². The van der Waals surface area contributed by atoms with Gasteiger partial charge in [-0.2, -0.15) is 0 Å². The number of rotatable bonds is 4. The highest BCUT2D eigenvalue weighted by molar-refractivity contribution is 6.00. The van der Waals surface area contributed by atoms with Crippen LogP contribution in [0.1, 0.15) is 26.2 Å². The Hall–Kier alpha value is -0.830. The lowest BCUT2D eigenvalue weighted by atomic mass is 9.93. The highest BCUT2D eigenvalue weighted by Gasteiger charge is 2.17. The van der Waals surface area contributed by atoms with E-state index in [9.17, 15) is 0 Å². The van der Waals surface area contributed by atoms with Gasteiger partial charge in [-0.3, -0.25) is 4.99 Å². The van der Waals surface area contributed by atoms with Crippen LogP contribution >= 0.6 is 0 Å². The molecule has 15 heavy (non-hydrogen) atoms. The number of nitrogens with zero attached hydrogens (tertiary/aromatic N) is 2. The third-order valence-electron chi connectivity index (χ3n) is 2.91. The van der Waals surface area contributed by atoms with E-state index in [1.54, 1.807) is 6.20 Å². The van der Waals surface area contributed by atoms with Crippen LogP contribution < -0.4 is 5.73 Å². The first kappa shape index (κ1) is 12.2. The van der Waals surface area contributed by atoms with Gasteiger partial charge in [0, 0.05) is 18.8 Å². The quantitative estimate of drug-likeness (QED) is 0.765. The molecule has 0 amide bonds. The van der Waals surface area contributed by atoms with E-state index in [0.717, 1.165) is 31.8 Å². The van der Waals surface area contributed by atoms with Crippen LogP contribution in [0.5, 0.6) is 0 Å². The van der Waals surface area contributed by atoms with Gasteiger partial charge in [0.1, 0.15) is 0 Å². The fraction of sp³-hybridized carbons (Fsp3) is 0.750. The molecule has 0 radical (unpaired) electrons. The van der Waals surface area contributed by atoms with E-state index >= 15 is 0 Å². The molecule has 0 aromatic heterocycles. The number of aliphatic imine (C=N–C) groups is 1. The molecule has 2 N–H and O–H groups in total. The Bertz CT molecular complexity index is 254. The third kappa shape index (κ3) is 3.67. The molecule has 0 aromatic carbocycles. The summed E-state index contributed by atoms with van der Waals surface area (Å²) in [5.74, 6) is 0.722. The molecule has 0 fully saturated rings. The molecule has 1 aliphatic rings. The van der Waals surface area contributed by atoms with Crippen molar-refractivity contribution in [3.05, 3.63) is 11.8 Å². The van der Waals surface area contributed by atoms with Crippen molar-refractivity contribution >= 4 is 5.71 Å². The number of hydrogen-bond acceptors (Lipinski definition) is 3. The SMILES string of the molecule is CC/C(=C/N)C1=NCC(CN(C)C)CC1. The van der Waals surface area contributed by atoms with Crippen LogP contribution in [-0.2, 0) is 0 Å². The molecule has 3 heteroatoms. The van der Waals surface area contributed by atoms with Gasteiger partial charge in [0.15, 0.2) is 0 Å². The zero-order valence-corrected chi connectivity index (χ0v) is 10.2. The van der Waals surface area contributed by atoms with Crippen LogP contribution in [0.25, 0.3) is 0 Å². The third-order valence-corrected chi connectivity index (χ3v) is 2.91. The van der Waals surface area contributed by atoms with E-state index in [1.807, 2.05) is 0 Å². The first-order chi connectivity index (χ1) is 7.17. The van der Waals surface area contributed by atoms with Crippen molar-refractivity contribution in [3.8, 4) is 0 Å². The van der Waals surface area contributed by atoms with Gasteiger partial charge in [-0.05, 0) is 51.0 Å². The normalized spacial score (nSPS) is 23.1. The molecule has 1 unspecified atom stereocenters. The van der Waals surface area contributed by atoms with Crippen molar-refractivity contribution in [2.75, 3.05) is 27.2 Å². The topological polar surface area (TPSA) is 41.6 Å². The van der Waals surface area contributed by atoms with E-state index in [1.165, 1.54) is 17.7 Å². The largest absolute Gasteiger partial charge is 0.404 e. The van der Waals surface area contributed by atoms with Gasteiger partial charge >= 0.3 is 0 Å². The summed E-state index contributed by atoms with van der Waals surface area (Å²) in [6.45, 7) is 4.24. The Morgan fingerprint density at radius 2 is 2.33 bits per heavy atom. The Kier molecular flexibility index (Phi) is 4.82. The minimum absolute atomic E-state index is 0.722. The molecular weight excluding hydrogens is 186 g/mol. The summed E-state index contributed by atoms with van der Waals surface area (Å²) in [7, 11) is 4.24. The number of hydrogen-bond donors (Lipinski definition) is 1. The van der Waals surface area contributed by atoms with Gasteiger partial charge < -0.3 is 10.6 Å². The fourth-order valence-electron chi connectivity index (χ4n) is 2.10. The molecule has 86 valence electrons. The smallest absolute Gasteiger partial charge is 0.0433 e. The van der Waals surface area contributed by atoms with E-state index in [2.05, 4.69) is 30.9 Å². The molecule has 1 rings (SSSR count). The maximum atomic E-state index is 5.58. The average Bonchev–Trinajstić information content (AvgIpc) is 2.21. The fourth-order valence-corrected chi connectivity index (χ4v) is 2.10. The lowest BCUT2D eigenvalue weighted by Crippen LogP contribution is -2.27. The van der Waals surface area contributed by atoms with Gasteiger partial charge in [0.25, 0.3) is 0 Å². The lowest BCUT2D eigenvalue weighted by molar-refractivity contribution is 0.315. The molecular formula is C12H23N3. The van der Waals surface area contributed by atoms with Crippen molar-refractivity contribution in [1.29, 1.82) is 0 Å². The van der Waals surface area contributed by atoms with Gasteiger partial charge in [-0.25, -0.2) is 0 Å². The molecule has 0 aromatic rings. The zero-order chi connectivity index (χ0) is 11.3. The van der Waals surface area contributed by atoms with Crippen molar-refractivity contribution in [3.63, 3.8) is 0 Å². The predicted octanol–water partition coefficient (Wildman–Crippen LogP) is 1.65. The summed E-state index contributed by atoms with van der Waals surface area (Å²) in [4.78, 5) is 6.89. The molecule has 3 nitrogen and oxygen atoms in total. The van der Waals surface area contributed by atoms with Crippen molar-refractivity contribution in [2.45, 2.75) is 26.2 Å². The first-order valence-electron chi connectivity index (χ1n) is 5.76. The lowest BCUT2D eigenvalue weighted by Gasteiger charge is -2.24. The van der Waals surface area contributed by atoms with E-state index < -0.39 is 0 Å². The summed E-state index contributed by atoms with van der Waals surface area (Å²) in [5, 5.41) is 0. The summed E-state index contributed by atoms with van der Waals surface area (Å²) in [6.07, 6.45) is 5.04. The number of nitrogens with two attached hydrogens (primary N) is 1. The summed E-state index contributed by atoms with van der Waals surface area (Å²) in [6, 6.07) is 0. The minimum Gasteiger partial charge on any atom is -0.404 e. The highest BCUT2D eigenvalue weighted by atomic mass is 15.1. The van der Waals surface area contributed by atoms with Crippen LogP contribution in [0.2, 0.25) is 0 Å². The molecule has 1 heterocycles. The van der Waals surface area contributed by atoms with Crippen molar-refractivity contribution < 1.29 is 0 Å². The van der Waals surface area contributed by atoms with Crippen LogP contribution in [0.3, 0.4) is 0 Å². The van der Waals surface area contributed by atoms with Gasteiger partial charge in [0.05, 0.1) is 0 Å². The summed E-state index contributed by atoms with van der Waals surface area (Å²) < 4.78 is 0. The summed E-state index contributed by atoms with van der Waals surface area (Å²) in [5.41, 5.74) is 8.03. The predicted molar refractivity (Wildman–Crippen MR) is 66.1 cm³/mol. The highest BCUT2D eigenvalue weighted by Crippen LogP contribution is 2.19. The molecule has 0 aliphatic carbocycles. The Morgan fingerprint density at radius 3 is 2.73 bits per heavy atom. The van der Waals surface area contributed by atoms with Gasteiger partial charge in [-0.15, -0.1) is 0 Å². The molecule has 1 aliphatic heterocycles. The summed E-state index contributed by atoms with van der Waals surface area (Å²) >= 11 is 0. The average molecular weight is 209 g/mol. The molecule has 0 spiro atoms.